The van der Waals surface area contributed by atoms with Crippen LogP contribution >= 0.6 is 0 Å². The van der Waals surface area contributed by atoms with Crippen LogP contribution in [0.5, 0.6) is 0 Å². The molecule has 1 aliphatic carbocycles. The minimum absolute atomic E-state index is 0.0376. The van der Waals surface area contributed by atoms with Gasteiger partial charge in [0.2, 0.25) is 5.91 Å². The number of anilines is 1. The molecular formula is C25H27N3O3. The van der Waals surface area contributed by atoms with E-state index in [4.69, 9.17) is 4.42 Å². The molecule has 1 fully saturated rings. The predicted octanol–water partition coefficient (Wildman–Crippen LogP) is 4.81. The lowest BCUT2D eigenvalue weighted by atomic mass is 10.2. The van der Waals surface area contributed by atoms with E-state index in [0.29, 0.717) is 18.8 Å². The molecule has 1 aliphatic rings. The normalized spacial score (nSPS) is 12.9. The second-order valence-electron chi connectivity index (χ2n) is 7.97. The minimum atomic E-state index is -0.237. The summed E-state index contributed by atoms with van der Waals surface area (Å²) in [5, 5.41) is 2.94. The van der Waals surface area contributed by atoms with E-state index in [1.54, 1.807) is 16.1 Å². The van der Waals surface area contributed by atoms with E-state index >= 15 is 0 Å². The molecule has 0 unspecified atom stereocenters. The monoisotopic (exact) mass is 417 g/mol. The van der Waals surface area contributed by atoms with Gasteiger partial charge in [0, 0.05) is 18.3 Å². The minimum Gasteiger partial charge on any atom is -0.467 e. The standard InChI is InChI=1S/C25H27N3O3/c1-19-7-5-10-21(15-19)26-25(30)28(22-12-13-22)18-24(29)27(17-23-11-6-14-31-23)16-20-8-3-2-4-9-20/h2-11,14-15,22H,12-13,16-18H2,1H3,(H,26,30). The van der Waals surface area contributed by atoms with Crippen molar-refractivity contribution in [2.45, 2.75) is 38.9 Å². The van der Waals surface area contributed by atoms with Crippen molar-refractivity contribution >= 4 is 17.6 Å². The molecule has 1 aromatic heterocycles. The fraction of sp³-hybridized carbons (Fsp3) is 0.280. The van der Waals surface area contributed by atoms with Crippen molar-refractivity contribution in [2.75, 3.05) is 11.9 Å². The van der Waals surface area contributed by atoms with E-state index in [2.05, 4.69) is 5.32 Å². The molecule has 3 amide bonds. The molecule has 31 heavy (non-hydrogen) atoms. The maximum atomic E-state index is 13.3. The van der Waals surface area contributed by atoms with E-state index in [9.17, 15) is 9.59 Å². The van der Waals surface area contributed by atoms with Crippen LogP contribution in [0.4, 0.5) is 10.5 Å². The highest BCUT2D eigenvalue weighted by Gasteiger charge is 2.35. The summed E-state index contributed by atoms with van der Waals surface area (Å²) in [4.78, 5) is 29.7. The molecule has 6 nitrogen and oxygen atoms in total. The van der Waals surface area contributed by atoms with Crippen molar-refractivity contribution in [3.63, 3.8) is 0 Å². The van der Waals surface area contributed by atoms with Gasteiger partial charge in [-0.1, -0.05) is 42.5 Å². The summed E-state index contributed by atoms with van der Waals surface area (Å²) in [7, 11) is 0. The van der Waals surface area contributed by atoms with Crippen LogP contribution in [0.3, 0.4) is 0 Å². The third-order valence-electron chi connectivity index (χ3n) is 5.32. The van der Waals surface area contributed by atoms with Crippen LogP contribution < -0.4 is 5.32 Å². The number of amides is 3. The van der Waals surface area contributed by atoms with Crippen molar-refractivity contribution < 1.29 is 14.0 Å². The second-order valence-corrected chi connectivity index (χ2v) is 7.97. The molecular weight excluding hydrogens is 390 g/mol. The molecule has 1 saturated carbocycles. The molecule has 0 radical (unpaired) electrons. The highest BCUT2D eigenvalue weighted by molar-refractivity contribution is 5.92. The summed E-state index contributed by atoms with van der Waals surface area (Å²) in [6.45, 7) is 2.83. The van der Waals surface area contributed by atoms with Crippen molar-refractivity contribution in [2.24, 2.45) is 0 Å². The summed E-state index contributed by atoms with van der Waals surface area (Å²) in [5.74, 6) is 0.609. The Labute approximate surface area is 182 Å². The maximum absolute atomic E-state index is 13.3. The van der Waals surface area contributed by atoms with Crippen LogP contribution in [0, 0.1) is 6.92 Å². The first-order valence-corrected chi connectivity index (χ1v) is 10.6. The molecule has 3 aromatic rings. The number of carbonyl (C=O) groups is 2. The van der Waals surface area contributed by atoms with Crippen molar-refractivity contribution in [3.8, 4) is 0 Å². The van der Waals surface area contributed by atoms with E-state index < -0.39 is 0 Å². The number of aryl methyl sites for hydroxylation is 1. The lowest BCUT2D eigenvalue weighted by Gasteiger charge is -2.27. The van der Waals surface area contributed by atoms with E-state index in [1.807, 2.05) is 73.7 Å². The topological polar surface area (TPSA) is 65.8 Å². The molecule has 1 heterocycles. The molecule has 0 saturated heterocycles. The highest BCUT2D eigenvalue weighted by atomic mass is 16.3. The summed E-state index contributed by atoms with van der Waals surface area (Å²) >= 11 is 0. The molecule has 2 aromatic carbocycles. The number of hydrogen-bond donors (Lipinski definition) is 1. The van der Waals surface area contributed by atoms with Crippen LogP contribution in [-0.4, -0.2) is 34.3 Å². The fourth-order valence-corrected chi connectivity index (χ4v) is 3.54. The van der Waals surface area contributed by atoms with Gasteiger partial charge in [-0.15, -0.1) is 0 Å². The summed E-state index contributed by atoms with van der Waals surface area (Å²) in [5.41, 5.74) is 2.84. The van der Waals surface area contributed by atoms with Gasteiger partial charge in [0.25, 0.3) is 0 Å². The summed E-state index contributed by atoms with van der Waals surface area (Å²) in [6.07, 6.45) is 3.45. The van der Waals surface area contributed by atoms with Crippen molar-refractivity contribution in [1.82, 2.24) is 9.80 Å². The summed E-state index contributed by atoms with van der Waals surface area (Å²) < 4.78 is 5.47. The number of furan rings is 1. The Balaban J connectivity index is 1.47. The Morgan fingerprint density at radius 3 is 2.48 bits per heavy atom. The molecule has 4 rings (SSSR count). The largest absolute Gasteiger partial charge is 0.467 e. The fourth-order valence-electron chi connectivity index (χ4n) is 3.54. The van der Waals surface area contributed by atoms with Crippen LogP contribution in [-0.2, 0) is 17.9 Å². The van der Waals surface area contributed by atoms with Gasteiger partial charge in [0.05, 0.1) is 12.8 Å². The average molecular weight is 418 g/mol. The van der Waals surface area contributed by atoms with E-state index in [1.165, 1.54) is 0 Å². The second kappa shape index (κ2) is 9.51. The molecule has 0 bridgehead atoms. The predicted molar refractivity (Wildman–Crippen MR) is 119 cm³/mol. The van der Waals surface area contributed by atoms with Crippen LogP contribution in [0.2, 0.25) is 0 Å². The van der Waals surface area contributed by atoms with Gasteiger partial charge < -0.3 is 19.5 Å². The smallest absolute Gasteiger partial charge is 0.322 e. The van der Waals surface area contributed by atoms with E-state index in [0.717, 1.165) is 29.7 Å². The third kappa shape index (κ3) is 5.75. The molecule has 0 atom stereocenters. The van der Waals surface area contributed by atoms with Crippen molar-refractivity contribution in [1.29, 1.82) is 0 Å². The number of carbonyl (C=O) groups excluding carboxylic acids is 2. The Morgan fingerprint density at radius 1 is 1.00 bits per heavy atom. The number of hydrogen-bond acceptors (Lipinski definition) is 3. The van der Waals surface area contributed by atoms with Gasteiger partial charge in [0.1, 0.15) is 12.3 Å². The van der Waals surface area contributed by atoms with Gasteiger partial charge in [-0.2, -0.15) is 0 Å². The first-order valence-electron chi connectivity index (χ1n) is 10.6. The number of nitrogens with zero attached hydrogens (tertiary/aromatic N) is 2. The Hall–Kier alpha value is -3.54. The third-order valence-corrected chi connectivity index (χ3v) is 5.32. The van der Waals surface area contributed by atoms with Gasteiger partial charge in [0.15, 0.2) is 0 Å². The quantitative estimate of drug-likeness (QED) is 0.572. The molecule has 0 aliphatic heterocycles. The molecule has 6 heteroatoms. The first-order chi connectivity index (χ1) is 15.1. The highest BCUT2D eigenvalue weighted by Crippen LogP contribution is 2.28. The van der Waals surface area contributed by atoms with Crippen LogP contribution in [0.1, 0.15) is 29.7 Å². The maximum Gasteiger partial charge on any atom is 0.322 e. The average Bonchev–Trinajstić information content (AvgIpc) is 3.47. The lowest BCUT2D eigenvalue weighted by molar-refractivity contribution is -0.133. The first kappa shape index (κ1) is 20.7. The SMILES string of the molecule is Cc1cccc(NC(=O)N(CC(=O)N(Cc2ccccc2)Cc2ccco2)C2CC2)c1. The number of nitrogens with one attached hydrogen (secondary N) is 1. The molecule has 0 spiro atoms. The zero-order valence-corrected chi connectivity index (χ0v) is 17.7. The number of rotatable bonds is 8. The van der Waals surface area contributed by atoms with Gasteiger partial charge in [-0.25, -0.2) is 4.79 Å². The Morgan fingerprint density at radius 2 is 1.81 bits per heavy atom. The molecule has 160 valence electrons. The zero-order valence-electron chi connectivity index (χ0n) is 17.7. The Bertz CT molecular complexity index is 1010. The van der Waals surface area contributed by atoms with Crippen molar-refractivity contribution in [3.05, 3.63) is 89.9 Å². The van der Waals surface area contributed by atoms with Crippen LogP contribution in [0.25, 0.3) is 0 Å². The van der Waals surface area contributed by atoms with E-state index in [-0.39, 0.29) is 24.5 Å². The van der Waals surface area contributed by atoms with Gasteiger partial charge in [-0.3, -0.25) is 4.79 Å². The molecule has 1 N–H and O–H groups in total. The zero-order chi connectivity index (χ0) is 21.6. The number of urea groups is 1. The van der Waals surface area contributed by atoms with Gasteiger partial charge >= 0.3 is 6.03 Å². The summed E-state index contributed by atoms with van der Waals surface area (Å²) in [6, 6.07) is 21.0. The van der Waals surface area contributed by atoms with Gasteiger partial charge in [-0.05, 0) is 55.2 Å². The lowest BCUT2D eigenvalue weighted by Crippen LogP contribution is -2.45. The van der Waals surface area contributed by atoms with Crippen LogP contribution in [0.15, 0.2) is 77.4 Å². The number of benzene rings is 2. The Kier molecular flexibility index (Phi) is 6.36.